The molecule has 0 radical (unpaired) electrons. The van der Waals surface area contributed by atoms with Crippen LogP contribution in [0.1, 0.15) is 29.9 Å². The summed E-state index contributed by atoms with van der Waals surface area (Å²) in [7, 11) is 0. The van der Waals surface area contributed by atoms with Crippen molar-refractivity contribution in [1.82, 2.24) is 9.88 Å². The number of hydrogen-bond donors (Lipinski definition) is 1. The number of carbonyl (C=O) groups is 1. The van der Waals surface area contributed by atoms with E-state index in [2.05, 4.69) is 5.32 Å². The predicted octanol–water partition coefficient (Wildman–Crippen LogP) is 3.81. The Bertz CT molecular complexity index is 833. The van der Waals surface area contributed by atoms with E-state index in [0.717, 1.165) is 5.52 Å². The summed E-state index contributed by atoms with van der Waals surface area (Å²) in [6.45, 7) is 4.93. The maximum absolute atomic E-state index is 14.0. The molecule has 2 heterocycles. The van der Waals surface area contributed by atoms with Gasteiger partial charge in [0, 0.05) is 24.2 Å². The molecule has 0 fully saturated rings. The highest BCUT2D eigenvalue weighted by Gasteiger charge is 2.18. The fourth-order valence-corrected chi connectivity index (χ4v) is 2.52. The van der Waals surface area contributed by atoms with Crippen LogP contribution in [-0.2, 0) is 6.54 Å². The average Bonchev–Trinajstić information content (AvgIpc) is 3.09. The molecule has 23 heavy (non-hydrogen) atoms. The number of aromatic nitrogens is 1. The molecule has 3 rings (SSSR count). The molecule has 0 aliphatic rings. The molecule has 0 aliphatic carbocycles. The van der Waals surface area contributed by atoms with Crippen molar-refractivity contribution in [2.45, 2.75) is 20.4 Å². The molecule has 0 bridgehead atoms. The van der Waals surface area contributed by atoms with Gasteiger partial charge in [0.05, 0.1) is 18.3 Å². The maximum Gasteiger partial charge on any atom is 0.268 e. The number of halogens is 1. The van der Waals surface area contributed by atoms with Crippen LogP contribution in [0, 0.1) is 11.7 Å². The topological polar surface area (TPSA) is 47.2 Å². The lowest BCUT2D eigenvalue weighted by atomic mass is 10.2. The normalized spacial score (nSPS) is 11.3. The molecular weight excluding hydrogens is 295 g/mol. The van der Waals surface area contributed by atoms with Crippen LogP contribution in [0.4, 0.5) is 4.39 Å². The van der Waals surface area contributed by atoms with Gasteiger partial charge in [0.1, 0.15) is 11.5 Å². The standard InChI is InChI=1S/C18H19FN2O2/c1-12(2)10-20-18(22)16-9-17-15(7-8-23-17)21(16)11-13-5-3-4-6-14(13)19/h3-9,12H,10-11H2,1-2H3,(H,20,22). The number of carbonyl (C=O) groups excluding carboxylic acids is 1. The summed E-state index contributed by atoms with van der Waals surface area (Å²) >= 11 is 0. The predicted molar refractivity (Wildman–Crippen MR) is 86.9 cm³/mol. The Morgan fingerprint density at radius 1 is 1.30 bits per heavy atom. The third-order valence-electron chi connectivity index (χ3n) is 3.71. The number of rotatable bonds is 5. The third kappa shape index (κ3) is 3.13. The van der Waals surface area contributed by atoms with Gasteiger partial charge in [-0.2, -0.15) is 0 Å². The Morgan fingerprint density at radius 2 is 2.09 bits per heavy atom. The molecule has 0 spiro atoms. The van der Waals surface area contributed by atoms with Gasteiger partial charge < -0.3 is 14.3 Å². The van der Waals surface area contributed by atoms with E-state index in [1.54, 1.807) is 41.2 Å². The van der Waals surface area contributed by atoms with Crippen LogP contribution in [0.5, 0.6) is 0 Å². The maximum atomic E-state index is 14.0. The first-order valence-electron chi connectivity index (χ1n) is 7.64. The number of nitrogens with zero attached hydrogens (tertiary/aromatic N) is 1. The zero-order valence-electron chi connectivity index (χ0n) is 13.2. The zero-order valence-corrected chi connectivity index (χ0v) is 13.2. The second kappa shape index (κ2) is 6.28. The Kier molecular flexibility index (Phi) is 4.19. The number of hydrogen-bond acceptors (Lipinski definition) is 2. The number of furan rings is 1. The van der Waals surface area contributed by atoms with E-state index in [4.69, 9.17) is 4.42 Å². The van der Waals surface area contributed by atoms with Gasteiger partial charge in [-0.3, -0.25) is 4.79 Å². The van der Waals surface area contributed by atoms with Gasteiger partial charge in [0.2, 0.25) is 0 Å². The van der Waals surface area contributed by atoms with Gasteiger partial charge >= 0.3 is 0 Å². The summed E-state index contributed by atoms with van der Waals surface area (Å²) in [5, 5.41) is 2.89. The molecule has 0 unspecified atom stereocenters. The number of fused-ring (bicyclic) bond motifs is 1. The van der Waals surface area contributed by atoms with Crippen molar-refractivity contribution in [3.63, 3.8) is 0 Å². The van der Waals surface area contributed by atoms with Crippen LogP contribution in [0.2, 0.25) is 0 Å². The first-order valence-corrected chi connectivity index (χ1v) is 7.64. The van der Waals surface area contributed by atoms with Crippen molar-refractivity contribution in [2.75, 3.05) is 6.54 Å². The fraction of sp³-hybridized carbons (Fsp3) is 0.278. The summed E-state index contributed by atoms with van der Waals surface area (Å²) < 4.78 is 21.1. The summed E-state index contributed by atoms with van der Waals surface area (Å²) in [5.74, 6) is -0.107. The Labute approximate surface area is 133 Å². The molecule has 2 aromatic heterocycles. The molecule has 1 N–H and O–H groups in total. The fourth-order valence-electron chi connectivity index (χ4n) is 2.52. The van der Waals surface area contributed by atoms with Gasteiger partial charge in [-0.1, -0.05) is 32.0 Å². The Hall–Kier alpha value is -2.56. The quantitative estimate of drug-likeness (QED) is 0.778. The molecular formula is C18H19FN2O2. The van der Waals surface area contributed by atoms with Crippen LogP contribution >= 0.6 is 0 Å². The van der Waals surface area contributed by atoms with Crippen molar-refractivity contribution in [3.05, 3.63) is 59.7 Å². The van der Waals surface area contributed by atoms with Gasteiger partial charge in [0.25, 0.3) is 5.91 Å². The minimum atomic E-state index is -0.286. The Balaban J connectivity index is 1.97. The van der Waals surface area contributed by atoms with Crippen LogP contribution in [0.25, 0.3) is 11.1 Å². The van der Waals surface area contributed by atoms with E-state index in [1.807, 2.05) is 13.8 Å². The monoisotopic (exact) mass is 314 g/mol. The van der Waals surface area contributed by atoms with Crippen molar-refractivity contribution in [2.24, 2.45) is 5.92 Å². The van der Waals surface area contributed by atoms with Crippen LogP contribution < -0.4 is 5.32 Å². The van der Waals surface area contributed by atoms with Gasteiger partial charge in [-0.15, -0.1) is 0 Å². The van der Waals surface area contributed by atoms with E-state index >= 15 is 0 Å². The van der Waals surface area contributed by atoms with Gasteiger partial charge in [0.15, 0.2) is 5.58 Å². The minimum Gasteiger partial charge on any atom is -0.463 e. The van der Waals surface area contributed by atoms with Crippen molar-refractivity contribution in [3.8, 4) is 0 Å². The lowest BCUT2D eigenvalue weighted by Gasteiger charge is -2.12. The molecule has 0 saturated carbocycles. The highest BCUT2D eigenvalue weighted by molar-refractivity contribution is 5.97. The second-order valence-corrected chi connectivity index (χ2v) is 5.98. The number of amides is 1. The summed E-state index contributed by atoms with van der Waals surface area (Å²) in [5.41, 5.74) is 2.41. The average molecular weight is 314 g/mol. The molecule has 0 atom stereocenters. The van der Waals surface area contributed by atoms with Crippen molar-refractivity contribution in [1.29, 1.82) is 0 Å². The first kappa shape index (κ1) is 15.3. The van der Waals surface area contributed by atoms with Crippen LogP contribution in [0.15, 0.2) is 47.1 Å². The second-order valence-electron chi connectivity index (χ2n) is 5.98. The molecule has 5 heteroatoms. The van der Waals surface area contributed by atoms with E-state index in [-0.39, 0.29) is 18.3 Å². The third-order valence-corrected chi connectivity index (χ3v) is 3.71. The minimum absolute atomic E-state index is 0.179. The molecule has 1 aromatic carbocycles. The van der Waals surface area contributed by atoms with Crippen LogP contribution in [-0.4, -0.2) is 17.0 Å². The zero-order chi connectivity index (χ0) is 16.4. The van der Waals surface area contributed by atoms with Gasteiger partial charge in [-0.25, -0.2) is 4.39 Å². The highest BCUT2D eigenvalue weighted by atomic mass is 19.1. The molecule has 0 saturated heterocycles. The highest BCUT2D eigenvalue weighted by Crippen LogP contribution is 2.23. The van der Waals surface area contributed by atoms with Gasteiger partial charge in [-0.05, 0) is 12.0 Å². The molecule has 1 amide bonds. The van der Waals surface area contributed by atoms with E-state index in [1.165, 1.54) is 6.07 Å². The van der Waals surface area contributed by atoms with E-state index < -0.39 is 0 Å². The van der Waals surface area contributed by atoms with Crippen LogP contribution in [0.3, 0.4) is 0 Å². The smallest absolute Gasteiger partial charge is 0.268 e. The molecule has 3 aromatic rings. The summed E-state index contributed by atoms with van der Waals surface area (Å²) in [6.07, 6.45) is 1.57. The number of benzene rings is 1. The molecule has 0 aliphatic heterocycles. The summed E-state index contributed by atoms with van der Waals surface area (Å²) in [6, 6.07) is 10.1. The van der Waals surface area contributed by atoms with E-state index in [9.17, 15) is 9.18 Å². The lowest BCUT2D eigenvalue weighted by molar-refractivity contribution is 0.0940. The van der Waals surface area contributed by atoms with E-state index in [0.29, 0.717) is 29.3 Å². The summed E-state index contributed by atoms with van der Waals surface area (Å²) in [4.78, 5) is 12.4. The lowest BCUT2D eigenvalue weighted by Crippen LogP contribution is -2.29. The largest absolute Gasteiger partial charge is 0.463 e. The molecule has 4 nitrogen and oxygen atoms in total. The van der Waals surface area contributed by atoms with Crippen molar-refractivity contribution < 1.29 is 13.6 Å². The number of nitrogens with one attached hydrogen (secondary N) is 1. The SMILES string of the molecule is CC(C)CNC(=O)c1cc2occc2n1Cc1ccccc1F. The Morgan fingerprint density at radius 3 is 2.83 bits per heavy atom. The first-order chi connectivity index (χ1) is 11.1. The molecule has 120 valence electrons. The van der Waals surface area contributed by atoms with Crippen molar-refractivity contribution >= 4 is 17.0 Å².